The van der Waals surface area contributed by atoms with Crippen LogP contribution in [0.25, 0.3) is 0 Å². The summed E-state index contributed by atoms with van der Waals surface area (Å²) in [6.45, 7) is 0. The Morgan fingerprint density at radius 2 is 1.87 bits per heavy atom. The highest BCUT2D eigenvalue weighted by atomic mass is 16.5. The SMILES string of the molecule is O=C[C@@H]1CC[C@@H]2O[C@H](C1)c1ccccc12. The van der Waals surface area contributed by atoms with Crippen molar-refractivity contribution in [2.75, 3.05) is 0 Å². The Balaban J connectivity index is 1.99. The largest absolute Gasteiger partial charge is 0.366 e. The van der Waals surface area contributed by atoms with Crippen LogP contribution in [0.15, 0.2) is 24.3 Å². The smallest absolute Gasteiger partial charge is 0.123 e. The van der Waals surface area contributed by atoms with Crippen LogP contribution in [0.1, 0.15) is 42.6 Å². The standard InChI is InChI=1S/C13H14O2/c14-8-9-5-6-12-10-3-1-2-4-11(10)13(7-9)15-12/h1-4,8-9,12-13H,5-7H2/t9-,12+,13-/m1/s1. The van der Waals surface area contributed by atoms with Crippen molar-refractivity contribution in [3.63, 3.8) is 0 Å². The molecule has 2 aliphatic rings. The zero-order chi connectivity index (χ0) is 10.3. The molecule has 0 radical (unpaired) electrons. The fourth-order valence-electron chi connectivity index (χ4n) is 2.73. The van der Waals surface area contributed by atoms with Crippen LogP contribution < -0.4 is 0 Å². The number of benzene rings is 1. The summed E-state index contributed by atoms with van der Waals surface area (Å²) in [7, 11) is 0. The van der Waals surface area contributed by atoms with Crippen molar-refractivity contribution < 1.29 is 9.53 Å². The first-order valence-corrected chi connectivity index (χ1v) is 5.58. The zero-order valence-corrected chi connectivity index (χ0v) is 8.56. The molecule has 0 unspecified atom stereocenters. The molecule has 2 aliphatic heterocycles. The number of ether oxygens (including phenoxy) is 1. The van der Waals surface area contributed by atoms with Gasteiger partial charge in [-0.25, -0.2) is 0 Å². The molecule has 0 amide bonds. The third-order valence-electron chi connectivity index (χ3n) is 3.53. The summed E-state index contributed by atoms with van der Waals surface area (Å²) in [4.78, 5) is 10.8. The Morgan fingerprint density at radius 3 is 2.60 bits per heavy atom. The van der Waals surface area contributed by atoms with E-state index in [1.165, 1.54) is 11.1 Å². The Kier molecular flexibility index (Phi) is 2.10. The van der Waals surface area contributed by atoms with Crippen LogP contribution >= 0.6 is 0 Å². The molecular weight excluding hydrogens is 188 g/mol. The molecule has 1 aromatic carbocycles. The van der Waals surface area contributed by atoms with E-state index in [-0.39, 0.29) is 18.1 Å². The quantitative estimate of drug-likeness (QED) is 0.654. The van der Waals surface area contributed by atoms with Gasteiger partial charge in [-0.15, -0.1) is 0 Å². The topological polar surface area (TPSA) is 26.3 Å². The van der Waals surface area contributed by atoms with Crippen molar-refractivity contribution >= 4 is 6.29 Å². The Hall–Kier alpha value is -1.15. The summed E-state index contributed by atoms with van der Waals surface area (Å²) in [6.07, 6.45) is 4.29. The molecule has 1 saturated heterocycles. The van der Waals surface area contributed by atoms with Gasteiger partial charge in [0, 0.05) is 5.92 Å². The van der Waals surface area contributed by atoms with Crippen LogP contribution in [-0.2, 0) is 9.53 Å². The number of rotatable bonds is 1. The molecule has 2 heterocycles. The average Bonchev–Trinajstić information content (AvgIpc) is 2.48. The van der Waals surface area contributed by atoms with Gasteiger partial charge in [0.2, 0.25) is 0 Å². The molecule has 3 atom stereocenters. The Labute approximate surface area is 89.2 Å². The summed E-state index contributed by atoms with van der Waals surface area (Å²) < 4.78 is 5.97. The molecule has 1 aromatic rings. The molecule has 0 saturated carbocycles. The molecule has 3 rings (SSSR count). The number of carbonyl (C=O) groups excluding carboxylic acids is 1. The van der Waals surface area contributed by atoms with Gasteiger partial charge in [-0.1, -0.05) is 24.3 Å². The van der Waals surface area contributed by atoms with E-state index in [2.05, 4.69) is 24.3 Å². The van der Waals surface area contributed by atoms with Crippen LogP contribution in [0.2, 0.25) is 0 Å². The van der Waals surface area contributed by atoms with E-state index in [0.717, 1.165) is 25.5 Å². The lowest BCUT2D eigenvalue weighted by molar-refractivity contribution is -0.111. The van der Waals surface area contributed by atoms with Crippen LogP contribution in [0, 0.1) is 5.92 Å². The molecule has 78 valence electrons. The number of fused-ring (bicyclic) bond motifs is 5. The molecule has 1 fully saturated rings. The molecular formula is C13H14O2. The van der Waals surface area contributed by atoms with E-state index in [4.69, 9.17) is 4.74 Å². The normalized spacial score (nSPS) is 33.2. The molecule has 15 heavy (non-hydrogen) atoms. The van der Waals surface area contributed by atoms with Gasteiger partial charge < -0.3 is 9.53 Å². The van der Waals surface area contributed by atoms with E-state index in [0.29, 0.717) is 0 Å². The lowest BCUT2D eigenvalue weighted by Crippen LogP contribution is -2.07. The minimum atomic E-state index is 0.156. The maximum Gasteiger partial charge on any atom is 0.123 e. The first kappa shape index (κ1) is 9.10. The minimum Gasteiger partial charge on any atom is -0.366 e. The number of carbonyl (C=O) groups is 1. The Bertz CT molecular complexity index is 386. The monoisotopic (exact) mass is 202 g/mol. The van der Waals surface area contributed by atoms with Crippen molar-refractivity contribution in [1.82, 2.24) is 0 Å². The van der Waals surface area contributed by atoms with Gasteiger partial charge in [-0.3, -0.25) is 0 Å². The molecule has 2 heteroatoms. The summed E-state index contributed by atoms with van der Waals surface area (Å²) in [5.41, 5.74) is 2.64. The average molecular weight is 202 g/mol. The lowest BCUT2D eigenvalue weighted by Gasteiger charge is -2.13. The highest BCUT2D eigenvalue weighted by Crippen LogP contribution is 2.47. The highest BCUT2D eigenvalue weighted by Gasteiger charge is 2.35. The maximum absolute atomic E-state index is 10.8. The van der Waals surface area contributed by atoms with Gasteiger partial charge in [0.15, 0.2) is 0 Å². The summed E-state index contributed by atoms with van der Waals surface area (Å²) in [5, 5.41) is 0. The van der Waals surface area contributed by atoms with E-state index in [1.54, 1.807) is 0 Å². The van der Waals surface area contributed by atoms with Crippen molar-refractivity contribution in [3.8, 4) is 0 Å². The van der Waals surface area contributed by atoms with E-state index < -0.39 is 0 Å². The third-order valence-corrected chi connectivity index (χ3v) is 3.53. The minimum absolute atomic E-state index is 0.156. The van der Waals surface area contributed by atoms with Gasteiger partial charge in [-0.2, -0.15) is 0 Å². The molecule has 0 aromatic heterocycles. The molecule has 0 N–H and O–H groups in total. The molecule has 2 bridgehead atoms. The van der Waals surface area contributed by atoms with Gasteiger partial charge in [0.25, 0.3) is 0 Å². The molecule has 2 nitrogen and oxygen atoms in total. The summed E-state index contributed by atoms with van der Waals surface area (Å²) in [5.74, 6) is 0.188. The predicted molar refractivity (Wildman–Crippen MR) is 56.4 cm³/mol. The molecule has 0 aliphatic carbocycles. The van der Waals surface area contributed by atoms with E-state index in [9.17, 15) is 4.79 Å². The number of aldehydes is 1. The van der Waals surface area contributed by atoms with Crippen molar-refractivity contribution in [1.29, 1.82) is 0 Å². The van der Waals surface area contributed by atoms with E-state index in [1.807, 2.05) is 0 Å². The van der Waals surface area contributed by atoms with Gasteiger partial charge in [-0.05, 0) is 30.4 Å². The van der Waals surface area contributed by atoms with Crippen LogP contribution in [0.5, 0.6) is 0 Å². The van der Waals surface area contributed by atoms with Crippen LogP contribution in [0.3, 0.4) is 0 Å². The third kappa shape index (κ3) is 1.40. The lowest BCUT2D eigenvalue weighted by atomic mass is 9.88. The first-order chi connectivity index (χ1) is 7.38. The second kappa shape index (κ2) is 3.46. The number of hydrogen-bond acceptors (Lipinski definition) is 2. The van der Waals surface area contributed by atoms with Crippen molar-refractivity contribution in [3.05, 3.63) is 35.4 Å². The maximum atomic E-state index is 10.8. The summed E-state index contributed by atoms with van der Waals surface area (Å²) >= 11 is 0. The highest BCUT2D eigenvalue weighted by molar-refractivity contribution is 5.54. The fraction of sp³-hybridized carbons (Fsp3) is 0.462. The van der Waals surface area contributed by atoms with Crippen molar-refractivity contribution in [2.45, 2.75) is 31.5 Å². The summed E-state index contributed by atoms with van der Waals surface area (Å²) in [6, 6.07) is 8.40. The van der Waals surface area contributed by atoms with E-state index >= 15 is 0 Å². The van der Waals surface area contributed by atoms with Crippen LogP contribution in [-0.4, -0.2) is 6.29 Å². The zero-order valence-electron chi connectivity index (χ0n) is 8.56. The molecule has 0 spiro atoms. The van der Waals surface area contributed by atoms with Gasteiger partial charge in [0.05, 0.1) is 12.2 Å². The Morgan fingerprint density at radius 1 is 1.13 bits per heavy atom. The first-order valence-electron chi connectivity index (χ1n) is 5.58. The van der Waals surface area contributed by atoms with Crippen LogP contribution in [0.4, 0.5) is 0 Å². The van der Waals surface area contributed by atoms with Gasteiger partial charge in [0.1, 0.15) is 6.29 Å². The fourth-order valence-corrected chi connectivity index (χ4v) is 2.73. The second-order valence-electron chi connectivity index (χ2n) is 4.45. The van der Waals surface area contributed by atoms with Crippen molar-refractivity contribution in [2.24, 2.45) is 5.92 Å². The second-order valence-corrected chi connectivity index (χ2v) is 4.45. The van der Waals surface area contributed by atoms with Gasteiger partial charge >= 0.3 is 0 Å². The predicted octanol–water partition coefficient (Wildman–Crippen LogP) is 2.80. The number of hydrogen-bond donors (Lipinski definition) is 0.